The van der Waals surface area contributed by atoms with Crippen molar-refractivity contribution in [2.75, 3.05) is 23.4 Å². The smallest absolute Gasteiger partial charge is 0.362 e. The first kappa shape index (κ1) is 20.5. The number of alkyl halides is 3. The Labute approximate surface area is 167 Å². The minimum atomic E-state index is -4.64. The molecule has 0 amide bonds. The average Bonchev–Trinajstić information content (AvgIpc) is 2.76. The number of fused-ring (bicyclic) bond motifs is 5. The van der Waals surface area contributed by atoms with E-state index in [1.54, 1.807) is 0 Å². The highest BCUT2D eigenvalue weighted by atomic mass is 35.5. The summed E-state index contributed by atoms with van der Waals surface area (Å²) in [6.45, 7) is 3.48. The van der Waals surface area contributed by atoms with Crippen molar-refractivity contribution in [1.82, 2.24) is 0 Å². The number of aldehydes is 1. The summed E-state index contributed by atoms with van der Waals surface area (Å²) >= 11 is 6.31. The molecule has 0 radical (unpaired) electrons. The molecule has 3 nitrogen and oxygen atoms in total. The Hall–Kier alpha value is -2.21. The highest BCUT2D eigenvalue weighted by molar-refractivity contribution is 6.31. The molecule has 1 saturated heterocycles. The van der Waals surface area contributed by atoms with Gasteiger partial charge in [-0.1, -0.05) is 36.7 Å². The summed E-state index contributed by atoms with van der Waals surface area (Å²) in [5.41, 5.74) is 5.26. The molecule has 0 aromatic heterocycles. The number of benzene rings is 2. The third-order valence-electron chi connectivity index (χ3n) is 5.29. The standard InChI is InChI=1S/C19H21ClN2.C2HF3O/c1-13-6-5-11-22-18-12-14(20)9-10-17(18)21(2)16-8-4-3-7-15(16)19(13)22;3-2(4,5)1-6/h3-4,7-10,12-13,19H,5-6,11H2,1-2H3;1H/t13-,19-;/m0./s1. The molecule has 0 saturated carbocycles. The number of piperidine rings is 1. The number of rotatable bonds is 0. The second kappa shape index (κ2) is 8.03. The number of carbonyl (C=O) groups excluding carboxylic acids is 1. The Balaban J connectivity index is 0.000000330. The van der Waals surface area contributed by atoms with Gasteiger partial charge in [-0.2, -0.15) is 13.2 Å². The second-order valence-corrected chi connectivity index (χ2v) is 7.60. The van der Waals surface area contributed by atoms with E-state index < -0.39 is 12.5 Å². The Morgan fingerprint density at radius 2 is 1.79 bits per heavy atom. The van der Waals surface area contributed by atoms with Gasteiger partial charge in [-0.25, -0.2) is 0 Å². The van der Waals surface area contributed by atoms with E-state index >= 15 is 0 Å². The molecule has 2 aromatic carbocycles. The zero-order valence-corrected chi connectivity index (χ0v) is 16.5. The summed E-state index contributed by atoms with van der Waals surface area (Å²) in [4.78, 5) is 13.6. The van der Waals surface area contributed by atoms with Crippen LogP contribution >= 0.6 is 11.6 Å². The molecule has 7 heteroatoms. The highest BCUT2D eigenvalue weighted by Gasteiger charge is 2.36. The number of hydrogen-bond acceptors (Lipinski definition) is 3. The quantitative estimate of drug-likeness (QED) is 0.487. The second-order valence-electron chi connectivity index (χ2n) is 7.17. The summed E-state index contributed by atoms with van der Waals surface area (Å²) in [5.74, 6) is 0.647. The van der Waals surface area contributed by atoms with Gasteiger partial charge in [0.1, 0.15) is 0 Å². The minimum Gasteiger partial charge on any atom is -0.362 e. The van der Waals surface area contributed by atoms with Crippen molar-refractivity contribution in [1.29, 1.82) is 0 Å². The SMILES string of the molecule is C[C@H]1CCCN2c3cc(Cl)ccc3N(C)c3ccccc3[C@H]12.O=CC(F)(F)F. The summed E-state index contributed by atoms with van der Waals surface area (Å²) in [6.07, 6.45) is -3.17. The van der Waals surface area contributed by atoms with Crippen molar-refractivity contribution < 1.29 is 18.0 Å². The van der Waals surface area contributed by atoms with Crippen LogP contribution < -0.4 is 9.80 Å². The Morgan fingerprint density at radius 3 is 2.46 bits per heavy atom. The van der Waals surface area contributed by atoms with E-state index in [4.69, 9.17) is 16.4 Å². The molecule has 2 atom stereocenters. The fourth-order valence-corrected chi connectivity index (χ4v) is 4.28. The molecule has 150 valence electrons. The number of nitrogens with zero attached hydrogens (tertiary/aromatic N) is 2. The molecule has 0 bridgehead atoms. The van der Waals surface area contributed by atoms with Gasteiger partial charge >= 0.3 is 6.18 Å². The highest BCUT2D eigenvalue weighted by Crippen LogP contribution is 2.49. The van der Waals surface area contributed by atoms with Crippen LogP contribution in [0.15, 0.2) is 42.5 Å². The van der Waals surface area contributed by atoms with Crippen molar-refractivity contribution in [3.63, 3.8) is 0 Å². The van der Waals surface area contributed by atoms with E-state index in [2.05, 4.69) is 60.2 Å². The minimum absolute atomic E-state index is 0.437. The van der Waals surface area contributed by atoms with Crippen LogP contribution in [0.2, 0.25) is 5.02 Å². The van der Waals surface area contributed by atoms with Gasteiger partial charge in [-0.15, -0.1) is 0 Å². The fourth-order valence-electron chi connectivity index (χ4n) is 4.12. The van der Waals surface area contributed by atoms with Crippen LogP contribution in [-0.2, 0) is 4.79 Å². The maximum atomic E-state index is 10.4. The maximum Gasteiger partial charge on any atom is 0.446 e. The molecule has 1 fully saturated rings. The van der Waals surface area contributed by atoms with E-state index in [-0.39, 0.29) is 0 Å². The number of carbonyl (C=O) groups is 1. The molecular formula is C21H22ClF3N2O. The van der Waals surface area contributed by atoms with E-state index in [1.807, 2.05) is 6.07 Å². The van der Waals surface area contributed by atoms with Crippen LogP contribution in [0.4, 0.5) is 30.2 Å². The van der Waals surface area contributed by atoms with E-state index in [0.29, 0.717) is 12.0 Å². The Morgan fingerprint density at radius 1 is 1.11 bits per heavy atom. The van der Waals surface area contributed by atoms with Crippen molar-refractivity contribution >= 4 is 34.9 Å². The van der Waals surface area contributed by atoms with Gasteiger partial charge in [0.05, 0.1) is 17.4 Å². The van der Waals surface area contributed by atoms with Crippen LogP contribution in [0.3, 0.4) is 0 Å². The lowest BCUT2D eigenvalue weighted by Gasteiger charge is -2.41. The molecule has 2 heterocycles. The topological polar surface area (TPSA) is 23.6 Å². The van der Waals surface area contributed by atoms with Crippen molar-refractivity contribution in [2.24, 2.45) is 5.92 Å². The number of anilines is 3. The summed E-state index contributed by atoms with van der Waals surface area (Å²) in [7, 11) is 2.16. The van der Waals surface area contributed by atoms with Crippen LogP contribution in [0, 0.1) is 5.92 Å². The predicted molar refractivity (Wildman–Crippen MR) is 107 cm³/mol. The Bertz CT molecular complexity index is 856. The summed E-state index contributed by atoms with van der Waals surface area (Å²) < 4.78 is 31.2. The lowest BCUT2D eigenvalue weighted by Crippen LogP contribution is -2.37. The van der Waals surface area contributed by atoms with Gasteiger partial charge in [0.15, 0.2) is 0 Å². The van der Waals surface area contributed by atoms with Crippen molar-refractivity contribution in [3.8, 4) is 0 Å². The van der Waals surface area contributed by atoms with Crippen molar-refractivity contribution in [2.45, 2.75) is 32.0 Å². The maximum absolute atomic E-state index is 10.4. The van der Waals surface area contributed by atoms with E-state index in [1.165, 1.54) is 35.5 Å². The van der Waals surface area contributed by atoms with Crippen molar-refractivity contribution in [3.05, 3.63) is 53.1 Å². The molecule has 2 aliphatic rings. The van der Waals surface area contributed by atoms with Gasteiger partial charge in [0.25, 0.3) is 0 Å². The number of para-hydroxylation sites is 1. The third-order valence-corrected chi connectivity index (χ3v) is 5.53. The molecule has 2 aliphatic heterocycles. The molecule has 28 heavy (non-hydrogen) atoms. The molecule has 4 rings (SSSR count). The number of halogens is 4. The summed E-state index contributed by atoms with van der Waals surface area (Å²) in [6, 6.07) is 15.5. The van der Waals surface area contributed by atoms with Gasteiger partial charge < -0.3 is 9.80 Å². The van der Waals surface area contributed by atoms with Crippen LogP contribution in [0.1, 0.15) is 31.4 Å². The van der Waals surface area contributed by atoms with E-state index in [9.17, 15) is 13.2 Å². The monoisotopic (exact) mass is 410 g/mol. The van der Waals surface area contributed by atoms with Crippen LogP contribution in [0.25, 0.3) is 0 Å². The van der Waals surface area contributed by atoms with Crippen LogP contribution in [0.5, 0.6) is 0 Å². The lowest BCUT2D eigenvalue weighted by molar-refractivity contribution is -0.156. The van der Waals surface area contributed by atoms with Gasteiger partial charge in [0, 0.05) is 24.3 Å². The average molecular weight is 411 g/mol. The number of hydrogen-bond donors (Lipinski definition) is 0. The lowest BCUT2D eigenvalue weighted by atomic mass is 9.85. The molecular weight excluding hydrogens is 389 g/mol. The molecule has 2 aromatic rings. The van der Waals surface area contributed by atoms with Gasteiger partial charge in [-0.3, -0.25) is 4.79 Å². The third kappa shape index (κ3) is 4.12. The first-order valence-electron chi connectivity index (χ1n) is 9.15. The zero-order chi connectivity index (χ0) is 20.5. The molecule has 0 aliphatic carbocycles. The van der Waals surface area contributed by atoms with E-state index in [0.717, 1.165) is 11.6 Å². The fraction of sp³-hybridized carbons (Fsp3) is 0.381. The molecule has 0 spiro atoms. The molecule has 0 unspecified atom stereocenters. The first-order valence-corrected chi connectivity index (χ1v) is 9.52. The largest absolute Gasteiger partial charge is 0.446 e. The van der Waals surface area contributed by atoms with Gasteiger partial charge in [-0.05, 0) is 48.6 Å². The first-order chi connectivity index (χ1) is 13.2. The summed E-state index contributed by atoms with van der Waals surface area (Å²) in [5, 5.41) is 0.815. The Kier molecular flexibility index (Phi) is 5.89. The zero-order valence-electron chi connectivity index (χ0n) is 15.7. The normalized spacial score (nSPS) is 20.8. The molecule has 0 N–H and O–H groups in total. The van der Waals surface area contributed by atoms with Gasteiger partial charge in [0.2, 0.25) is 6.29 Å². The predicted octanol–water partition coefficient (Wildman–Crippen LogP) is 6.15. The van der Waals surface area contributed by atoms with Crippen LogP contribution in [-0.4, -0.2) is 26.1 Å².